The number of rotatable bonds is 12. The van der Waals surface area contributed by atoms with Crippen molar-refractivity contribution < 1.29 is 24.6 Å². The van der Waals surface area contributed by atoms with Gasteiger partial charge in [-0.05, 0) is 79.1 Å². The summed E-state index contributed by atoms with van der Waals surface area (Å²) in [5, 5.41) is 35.5. The molecule has 14 heteroatoms. The first-order valence-corrected chi connectivity index (χ1v) is 21.8. The molecular formula is C47H56N8O5S. The number of benzene rings is 3. The van der Waals surface area contributed by atoms with Gasteiger partial charge in [0.05, 0.1) is 46.7 Å². The maximum Gasteiger partial charge on any atom is 0.246 e. The third-order valence-electron chi connectivity index (χ3n) is 12.0. The fourth-order valence-electron chi connectivity index (χ4n) is 8.34. The van der Waals surface area contributed by atoms with E-state index in [9.17, 15) is 24.6 Å². The molecule has 61 heavy (non-hydrogen) atoms. The quantitative estimate of drug-likeness (QED) is 0.113. The van der Waals surface area contributed by atoms with Crippen LogP contribution in [0.4, 0.5) is 5.69 Å². The summed E-state index contributed by atoms with van der Waals surface area (Å²) in [4.78, 5) is 52.8. The van der Waals surface area contributed by atoms with E-state index in [0.717, 1.165) is 64.4 Å². The number of aliphatic hydroxyl groups is 1. The molecule has 0 radical (unpaired) electrons. The first kappa shape index (κ1) is 43.4. The zero-order chi connectivity index (χ0) is 43.4. The number of phenolic OH excluding ortho intramolecular Hbond substituents is 1. The highest BCUT2D eigenvalue weighted by atomic mass is 32.1. The molecule has 4 heterocycles. The lowest BCUT2D eigenvalue weighted by molar-refractivity contribution is -0.144. The van der Waals surface area contributed by atoms with Gasteiger partial charge in [0.25, 0.3) is 0 Å². The number of phenols is 1. The summed E-state index contributed by atoms with van der Waals surface area (Å²) >= 11 is 1.58. The number of hydrogen-bond acceptors (Lipinski definition) is 11. The van der Waals surface area contributed by atoms with E-state index in [2.05, 4.69) is 66.9 Å². The fourth-order valence-corrected chi connectivity index (χ4v) is 9.15. The molecule has 1 unspecified atom stereocenters. The second-order valence-electron chi connectivity index (χ2n) is 17.4. The Morgan fingerprint density at radius 3 is 2.30 bits per heavy atom. The lowest BCUT2D eigenvalue weighted by Gasteiger charge is -2.38. The van der Waals surface area contributed by atoms with Gasteiger partial charge in [-0.3, -0.25) is 19.3 Å². The van der Waals surface area contributed by atoms with Gasteiger partial charge in [0.1, 0.15) is 17.8 Å². The van der Waals surface area contributed by atoms with E-state index >= 15 is 0 Å². The van der Waals surface area contributed by atoms with Gasteiger partial charge in [-0.15, -0.1) is 11.3 Å². The minimum Gasteiger partial charge on any atom is -0.507 e. The number of nitrogens with one attached hydrogen (secondary N) is 2. The molecule has 0 aliphatic carbocycles. The highest BCUT2D eigenvalue weighted by Gasteiger charge is 2.45. The number of hydrogen-bond donors (Lipinski definition) is 4. The summed E-state index contributed by atoms with van der Waals surface area (Å²) in [6.07, 6.45) is 2.71. The molecule has 4 atom stereocenters. The topological polar surface area (TPSA) is 164 Å². The number of aromatic hydroxyl groups is 1. The van der Waals surface area contributed by atoms with Crippen molar-refractivity contribution in [3.8, 4) is 38.6 Å². The Kier molecular flexibility index (Phi) is 13.2. The molecule has 4 N–H and O–H groups in total. The minimum atomic E-state index is -0.896. The van der Waals surface area contributed by atoms with Crippen LogP contribution in [0.25, 0.3) is 32.8 Å². The summed E-state index contributed by atoms with van der Waals surface area (Å²) in [7, 11) is 2.09. The number of amides is 3. The third kappa shape index (κ3) is 10.1. The van der Waals surface area contributed by atoms with Crippen LogP contribution in [-0.2, 0) is 14.4 Å². The van der Waals surface area contributed by atoms with Crippen molar-refractivity contribution in [2.24, 2.45) is 5.41 Å². The number of aromatic nitrogens is 3. The van der Waals surface area contributed by atoms with Crippen molar-refractivity contribution in [1.82, 2.24) is 35.6 Å². The number of para-hydroxylation sites is 1. The van der Waals surface area contributed by atoms with Crippen LogP contribution in [0, 0.1) is 12.3 Å². The van der Waals surface area contributed by atoms with Crippen LogP contribution in [0.15, 0.2) is 90.6 Å². The Hall–Kier alpha value is -5.70. The lowest BCUT2D eigenvalue weighted by atomic mass is 9.85. The molecule has 2 aliphatic rings. The van der Waals surface area contributed by atoms with Crippen LogP contribution >= 0.6 is 11.3 Å². The average molecular weight is 845 g/mol. The van der Waals surface area contributed by atoms with Gasteiger partial charge in [-0.1, -0.05) is 69.3 Å². The standard InChI is InChI=1S/C47H56N8O5S/c1-29(31-11-13-33(14-12-31)43-30(2)48-28-61-43)50-45(59)40-24-37(56)26-55(40)46(60)44(47(3,4)5)51-42(58)27-54-21-19-36(20-22-54)53(6)35-17-15-32(16-18-35)34-23-39(52-49-25-34)38-9-7-8-10-41(38)57/h7-18,23,25,28-29,36-37,40,44,56-57H,19-22,24,26-27H2,1-6H3,(H,50,59)(H,51,58)/t29-,37+,40-,44?/m0/s1. The maximum absolute atomic E-state index is 14.2. The summed E-state index contributed by atoms with van der Waals surface area (Å²) in [6, 6.07) is 23.5. The Morgan fingerprint density at radius 1 is 0.951 bits per heavy atom. The van der Waals surface area contributed by atoms with Gasteiger partial charge in [0, 0.05) is 56.0 Å². The minimum absolute atomic E-state index is 0.0158. The number of aliphatic hydroxyl groups excluding tert-OH is 1. The molecule has 7 rings (SSSR count). The molecule has 3 aromatic carbocycles. The molecule has 0 saturated carbocycles. The van der Waals surface area contributed by atoms with E-state index in [1.165, 1.54) is 4.90 Å². The molecule has 5 aromatic rings. The Balaban J connectivity index is 0.916. The second-order valence-corrected chi connectivity index (χ2v) is 18.2. The van der Waals surface area contributed by atoms with Crippen molar-refractivity contribution in [3.63, 3.8) is 0 Å². The van der Waals surface area contributed by atoms with E-state index in [-0.39, 0.29) is 55.1 Å². The van der Waals surface area contributed by atoms with Crippen LogP contribution in [0.5, 0.6) is 5.75 Å². The van der Waals surface area contributed by atoms with E-state index in [1.807, 2.05) is 82.6 Å². The number of thiazole rings is 1. The summed E-state index contributed by atoms with van der Waals surface area (Å²) in [6.45, 7) is 11.2. The number of β-amino-alcohol motifs (C(OH)–C–C–N with tert-alkyl or cyclic N) is 1. The van der Waals surface area contributed by atoms with Gasteiger partial charge in [0.2, 0.25) is 17.7 Å². The predicted octanol–water partition coefficient (Wildman–Crippen LogP) is 6.22. The average Bonchev–Trinajstić information content (AvgIpc) is 3.87. The number of nitrogens with zero attached hydrogens (tertiary/aromatic N) is 6. The fraction of sp³-hybridized carbons (Fsp3) is 0.404. The number of carbonyl (C=O) groups excluding carboxylic acids is 3. The van der Waals surface area contributed by atoms with Crippen molar-refractivity contribution in [1.29, 1.82) is 0 Å². The van der Waals surface area contributed by atoms with Crippen LogP contribution < -0.4 is 15.5 Å². The predicted molar refractivity (Wildman–Crippen MR) is 239 cm³/mol. The summed E-state index contributed by atoms with van der Waals surface area (Å²) in [5.41, 5.74) is 8.33. The molecule has 13 nitrogen and oxygen atoms in total. The lowest BCUT2D eigenvalue weighted by Crippen LogP contribution is -2.59. The Bertz CT molecular complexity index is 2320. The third-order valence-corrected chi connectivity index (χ3v) is 13.0. The van der Waals surface area contributed by atoms with Gasteiger partial charge in [-0.25, -0.2) is 4.98 Å². The summed E-state index contributed by atoms with van der Waals surface area (Å²) in [5.74, 6) is -0.813. The van der Waals surface area contributed by atoms with Crippen molar-refractivity contribution in [3.05, 3.63) is 102 Å². The highest BCUT2D eigenvalue weighted by molar-refractivity contribution is 7.13. The van der Waals surface area contributed by atoms with E-state index in [4.69, 9.17) is 0 Å². The number of aryl methyl sites for hydroxylation is 1. The van der Waals surface area contributed by atoms with Crippen LogP contribution in [0.3, 0.4) is 0 Å². The molecular weight excluding hydrogens is 789 g/mol. The van der Waals surface area contributed by atoms with Gasteiger partial charge >= 0.3 is 0 Å². The Labute approximate surface area is 361 Å². The van der Waals surface area contributed by atoms with E-state index in [1.54, 1.807) is 29.7 Å². The zero-order valence-electron chi connectivity index (χ0n) is 35.7. The number of carbonyl (C=O) groups is 3. The molecule has 2 saturated heterocycles. The van der Waals surface area contributed by atoms with E-state index < -0.39 is 23.6 Å². The molecule has 2 aliphatic heterocycles. The zero-order valence-corrected chi connectivity index (χ0v) is 36.5. The second kappa shape index (κ2) is 18.5. The van der Waals surface area contributed by atoms with Crippen LogP contribution in [-0.4, -0.2) is 110 Å². The highest BCUT2D eigenvalue weighted by Crippen LogP contribution is 2.32. The maximum atomic E-state index is 14.2. The molecule has 2 aromatic heterocycles. The number of anilines is 1. The molecule has 2 fully saturated rings. The van der Waals surface area contributed by atoms with Gasteiger partial charge in [-0.2, -0.15) is 10.2 Å². The van der Waals surface area contributed by atoms with Crippen molar-refractivity contribution in [2.45, 2.75) is 84.2 Å². The Morgan fingerprint density at radius 2 is 1.64 bits per heavy atom. The smallest absolute Gasteiger partial charge is 0.246 e. The molecule has 320 valence electrons. The normalized spacial score (nSPS) is 18.4. The van der Waals surface area contributed by atoms with Crippen molar-refractivity contribution in [2.75, 3.05) is 38.1 Å². The van der Waals surface area contributed by atoms with Crippen LogP contribution in [0.1, 0.15) is 64.3 Å². The SMILES string of the molecule is Cc1ncsc1-c1ccc([C@H](C)NC(=O)[C@@H]2C[C@@H](O)CN2C(=O)C(NC(=O)CN2CCC(N(C)c3ccc(-c4cnnc(-c5ccccc5O)c4)cc3)CC2)C(C)(C)C)cc1. The van der Waals surface area contributed by atoms with Gasteiger partial charge in [0.15, 0.2) is 0 Å². The van der Waals surface area contributed by atoms with Crippen molar-refractivity contribution >= 4 is 34.7 Å². The summed E-state index contributed by atoms with van der Waals surface area (Å²) < 4.78 is 0. The molecule has 3 amide bonds. The molecule has 0 bridgehead atoms. The number of piperidine rings is 1. The first-order chi connectivity index (χ1) is 29.2. The number of likely N-dealkylation sites (tertiary alicyclic amines) is 2. The largest absolute Gasteiger partial charge is 0.507 e. The first-order valence-electron chi connectivity index (χ1n) is 20.9. The van der Waals surface area contributed by atoms with E-state index in [0.29, 0.717) is 11.3 Å². The molecule has 0 spiro atoms. The monoisotopic (exact) mass is 844 g/mol. The van der Waals surface area contributed by atoms with Crippen LogP contribution in [0.2, 0.25) is 0 Å². The van der Waals surface area contributed by atoms with Gasteiger partial charge < -0.3 is 30.6 Å².